The molecule has 2 aromatic carbocycles. The van der Waals surface area contributed by atoms with Gasteiger partial charge >= 0.3 is 11.9 Å². The molecule has 10 heteroatoms. The summed E-state index contributed by atoms with van der Waals surface area (Å²) in [5.74, 6) is -0.196. The third kappa shape index (κ3) is 4.82. The van der Waals surface area contributed by atoms with Crippen LogP contribution in [0.1, 0.15) is 41.6 Å². The van der Waals surface area contributed by atoms with E-state index in [9.17, 15) is 19.5 Å². The zero-order chi connectivity index (χ0) is 27.7. The van der Waals surface area contributed by atoms with Crippen molar-refractivity contribution in [3.05, 3.63) is 109 Å². The van der Waals surface area contributed by atoms with Crippen molar-refractivity contribution in [2.24, 2.45) is 4.99 Å². The standard InChI is InChI=1S/C29H24N2O7S/c1-4-37-28(35)24-16(2)30-29-31(25(24)20-10-5-6-11-22(20)36-3)26(32)23(39-29)15-19-12-13-21(38-19)17-8-7-9-18(14-17)27(33)34/h5-15,25H,4H2,1-3H3,(H,33,34)/t25-/m0/s1. The van der Waals surface area contributed by atoms with E-state index in [1.165, 1.54) is 35.1 Å². The van der Waals surface area contributed by atoms with Crippen LogP contribution in [0.4, 0.5) is 0 Å². The lowest BCUT2D eigenvalue weighted by Crippen LogP contribution is -2.40. The molecule has 4 aromatic rings. The second kappa shape index (κ2) is 10.6. The molecule has 2 aromatic heterocycles. The van der Waals surface area contributed by atoms with Crippen molar-refractivity contribution in [3.63, 3.8) is 0 Å². The summed E-state index contributed by atoms with van der Waals surface area (Å²) in [4.78, 5) is 43.2. The van der Waals surface area contributed by atoms with Gasteiger partial charge in [0.05, 0.1) is 35.1 Å². The fraction of sp³-hybridized carbons (Fsp3) is 0.172. The maximum atomic E-state index is 13.8. The molecule has 0 saturated heterocycles. The molecule has 0 spiro atoms. The van der Waals surface area contributed by atoms with Crippen LogP contribution in [0.5, 0.6) is 5.75 Å². The maximum Gasteiger partial charge on any atom is 0.338 e. The van der Waals surface area contributed by atoms with E-state index < -0.39 is 18.0 Å². The zero-order valence-electron chi connectivity index (χ0n) is 21.3. The van der Waals surface area contributed by atoms with Crippen molar-refractivity contribution in [1.29, 1.82) is 0 Å². The Morgan fingerprint density at radius 1 is 1.15 bits per heavy atom. The minimum absolute atomic E-state index is 0.142. The molecule has 1 N–H and O–H groups in total. The summed E-state index contributed by atoms with van der Waals surface area (Å²) in [6.07, 6.45) is 1.61. The van der Waals surface area contributed by atoms with Crippen molar-refractivity contribution < 1.29 is 28.6 Å². The number of ether oxygens (including phenoxy) is 2. The van der Waals surface area contributed by atoms with E-state index in [-0.39, 0.29) is 23.3 Å². The lowest BCUT2D eigenvalue weighted by Gasteiger charge is -2.25. The number of furan rings is 1. The summed E-state index contributed by atoms with van der Waals surface area (Å²) in [5, 5.41) is 9.28. The number of aromatic carboxylic acids is 1. The van der Waals surface area contributed by atoms with Crippen LogP contribution < -0.4 is 19.6 Å². The highest BCUT2D eigenvalue weighted by molar-refractivity contribution is 7.07. The van der Waals surface area contributed by atoms with E-state index in [0.29, 0.717) is 43.4 Å². The van der Waals surface area contributed by atoms with E-state index >= 15 is 0 Å². The molecule has 198 valence electrons. The van der Waals surface area contributed by atoms with E-state index in [1.807, 2.05) is 18.2 Å². The molecule has 0 amide bonds. The minimum Gasteiger partial charge on any atom is -0.496 e. The van der Waals surface area contributed by atoms with Gasteiger partial charge in [-0.05, 0) is 44.2 Å². The van der Waals surface area contributed by atoms with Crippen LogP contribution in [0.3, 0.4) is 0 Å². The van der Waals surface area contributed by atoms with Crippen LogP contribution in [-0.4, -0.2) is 35.3 Å². The Bertz CT molecular complexity index is 1810. The molecule has 0 unspecified atom stereocenters. The van der Waals surface area contributed by atoms with Crippen molar-refractivity contribution >= 4 is 29.4 Å². The van der Waals surface area contributed by atoms with Gasteiger partial charge in [0.25, 0.3) is 5.56 Å². The number of rotatable bonds is 7. The van der Waals surface area contributed by atoms with E-state index in [4.69, 9.17) is 13.9 Å². The van der Waals surface area contributed by atoms with Crippen molar-refractivity contribution in [2.45, 2.75) is 19.9 Å². The summed E-state index contributed by atoms with van der Waals surface area (Å²) >= 11 is 1.17. The highest BCUT2D eigenvalue weighted by Gasteiger charge is 2.35. The quantitative estimate of drug-likeness (QED) is 0.352. The normalized spacial score (nSPS) is 15.1. The van der Waals surface area contributed by atoms with Gasteiger partial charge in [-0.3, -0.25) is 9.36 Å². The number of thiazole rings is 1. The van der Waals surface area contributed by atoms with Crippen LogP contribution in [0.15, 0.2) is 86.1 Å². The Kier molecular flexibility index (Phi) is 7.03. The first-order chi connectivity index (χ1) is 18.8. The average Bonchev–Trinajstić information content (AvgIpc) is 3.52. The average molecular weight is 545 g/mol. The molecular weight excluding hydrogens is 520 g/mol. The van der Waals surface area contributed by atoms with Gasteiger partial charge in [0.1, 0.15) is 23.3 Å². The van der Waals surface area contributed by atoms with Crippen molar-refractivity contribution in [1.82, 2.24) is 4.57 Å². The molecule has 5 rings (SSSR count). The number of nitrogens with zero attached hydrogens (tertiary/aromatic N) is 2. The molecule has 0 bridgehead atoms. The summed E-state index contributed by atoms with van der Waals surface area (Å²) in [5.41, 5.74) is 1.73. The third-order valence-electron chi connectivity index (χ3n) is 6.24. The predicted molar refractivity (Wildman–Crippen MR) is 144 cm³/mol. The highest BCUT2D eigenvalue weighted by Crippen LogP contribution is 2.35. The monoisotopic (exact) mass is 544 g/mol. The first kappa shape index (κ1) is 25.9. The number of hydrogen-bond donors (Lipinski definition) is 1. The first-order valence-corrected chi connectivity index (χ1v) is 12.9. The predicted octanol–water partition coefficient (Wildman–Crippen LogP) is 3.77. The van der Waals surface area contributed by atoms with Gasteiger partial charge in [-0.25, -0.2) is 14.6 Å². The maximum absolute atomic E-state index is 13.8. The van der Waals surface area contributed by atoms with Gasteiger partial charge in [0.2, 0.25) is 0 Å². The summed E-state index contributed by atoms with van der Waals surface area (Å²) in [7, 11) is 1.53. The Morgan fingerprint density at radius 3 is 2.69 bits per heavy atom. The lowest BCUT2D eigenvalue weighted by atomic mass is 9.95. The Morgan fingerprint density at radius 2 is 1.95 bits per heavy atom. The second-order valence-corrected chi connectivity index (χ2v) is 9.64. The van der Waals surface area contributed by atoms with Crippen LogP contribution in [0.2, 0.25) is 0 Å². The third-order valence-corrected chi connectivity index (χ3v) is 7.23. The molecule has 39 heavy (non-hydrogen) atoms. The van der Waals surface area contributed by atoms with Gasteiger partial charge in [-0.1, -0.05) is 41.7 Å². The van der Waals surface area contributed by atoms with Crippen LogP contribution >= 0.6 is 11.3 Å². The zero-order valence-corrected chi connectivity index (χ0v) is 22.2. The highest BCUT2D eigenvalue weighted by atomic mass is 32.1. The molecule has 1 atom stereocenters. The number of carboxylic acids is 1. The molecule has 0 aliphatic carbocycles. The number of carbonyl (C=O) groups excluding carboxylic acids is 1. The van der Waals surface area contributed by atoms with Crippen molar-refractivity contribution in [3.8, 4) is 17.1 Å². The second-order valence-electron chi connectivity index (χ2n) is 8.63. The van der Waals surface area contributed by atoms with Crippen molar-refractivity contribution in [2.75, 3.05) is 13.7 Å². The topological polar surface area (TPSA) is 120 Å². The number of esters is 1. The summed E-state index contributed by atoms with van der Waals surface area (Å²) in [6.45, 7) is 3.61. The Balaban J connectivity index is 1.64. The van der Waals surface area contributed by atoms with Gasteiger partial charge in [0.15, 0.2) is 4.80 Å². The van der Waals surface area contributed by atoms with Crippen LogP contribution in [0.25, 0.3) is 17.4 Å². The van der Waals surface area contributed by atoms with Crippen LogP contribution in [0, 0.1) is 0 Å². The van der Waals surface area contributed by atoms with Gasteiger partial charge in [0, 0.05) is 17.2 Å². The fourth-order valence-electron chi connectivity index (χ4n) is 4.50. The summed E-state index contributed by atoms with van der Waals surface area (Å²) in [6, 6.07) is 16.2. The number of methoxy groups -OCH3 is 1. The first-order valence-electron chi connectivity index (χ1n) is 12.1. The number of hydrogen-bond acceptors (Lipinski definition) is 8. The number of allylic oxidation sites excluding steroid dienone is 1. The van der Waals surface area contributed by atoms with Crippen LogP contribution in [-0.2, 0) is 9.53 Å². The van der Waals surface area contributed by atoms with Gasteiger partial charge < -0.3 is 19.0 Å². The molecule has 0 saturated carbocycles. The SMILES string of the molecule is CCOC(=O)C1=C(C)N=c2sc(=Cc3ccc(-c4cccc(C(=O)O)c4)o3)c(=O)n2[C@H]1c1ccccc1OC. The molecule has 1 aliphatic heterocycles. The number of fused-ring (bicyclic) bond motifs is 1. The van der Waals surface area contributed by atoms with Gasteiger partial charge in [-0.2, -0.15) is 0 Å². The van der Waals surface area contributed by atoms with E-state index in [2.05, 4.69) is 4.99 Å². The molecule has 9 nitrogen and oxygen atoms in total. The molecular formula is C29H24N2O7S. The largest absolute Gasteiger partial charge is 0.496 e. The fourth-order valence-corrected chi connectivity index (χ4v) is 5.53. The number of benzene rings is 2. The molecule has 0 radical (unpaired) electrons. The smallest absolute Gasteiger partial charge is 0.338 e. The molecule has 1 aliphatic rings. The number of aromatic nitrogens is 1. The van der Waals surface area contributed by atoms with E-state index in [1.54, 1.807) is 50.3 Å². The lowest BCUT2D eigenvalue weighted by molar-refractivity contribution is -0.139. The number of carboxylic acid groups (broad SMARTS) is 1. The number of para-hydroxylation sites is 1. The molecule has 3 heterocycles. The summed E-state index contributed by atoms with van der Waals surface area (Å²) < 4.78 is 18.7. The minimum atomic E-state index is -1.04. The van der Waals surface area contributed by atoms with E-state index in [0.717, 1.165) is 0 Å². The van der Waals surface area contributed by atoms with Gasteiger partial charge in [-0.15, -0.1) is 0 Å². The Labute approximate surface area is 226 Å². The Hall–Kier alpha value is -4.70. The molecule has 0 fully saturated rings. The number of carbonyl (C=O) groups is 2.